The van der Waals surface area contributed by atoms with Crippen LogP contribution in [-0.2, 0) is 0 Å². The summed E-state index contributed by atoms with van der Waals surface area (Å²) in [6, 6.07) is 11.9. The van der Waals surface area contributed by atoms with Crippen molar-refractivity contribution in [2.24, 2.45) is 10.7 Å². The van der Waals surface area contributed by atoms with Crippen molar-refractivity contribution in [1.82, 2.24) is 0 Å². The normalized spacial score (nSPS) is 18.0. The Morgan fingerprint density at radius 1 is 1.24 bits per heavy atom. The van der Waals surface area contributed by atoms with Crippen LogP contribution in [0.15, 0.2) is 51.9 Å². The highest BCUT2D eigenvalue weighted by Gasteiger charge is 2.29. The summed E-state index contributed by atoms with van der Waals surface area (Å²) in [4.78, 5) is 6.23. The molecule has 0 amide bonds. The summed E-state index contributed by atoms with van der Waals surface area (Å²) in [6.45, 7) is 0.539. The second-order valence-corrected chi connectivity index (χ2v) is 6.00. The highest BCUT2D eigenvalue weighted by Crippen LogP contribution is 2.34. The van der Waals surface area contributed by atoms with Crippen molar-refractivity contribution in [2.45, 2.75) is 6.04 Å². The highest BCUT2D eigenvalue weighted by atomic mass is 79.9. The van der Waals surface area contributed by atoms with Gasteiger partial charge in [0, 0.05) is 10.2 Å². The van der Waals surface area contributed by atoms with Crippen LogP contribution in [-0.4, -0.2) is 12.5 Å². The minimum absolute atomic E-state index is 0.0429. The van der Waals surface area contributed by atoms with E-state index in [1.54, 1.807) is 18.2 Å². The van der Waals surface area contributed by atoms with E-state index in [0.29, 0.717) is 17.5 Å². The van der Waals surface area contributed by atoms with Crippen molar-refractivity contribution in [3.8, 4) is 0 Å². The first-order chi connectivity index (χ1) is 10.1. The van der Waals surface area contributed by atoms with Gasteiger partial charge in [-0.2, -0.15) is 0 Å². The summed E-state index contributed by atoms with van der Waals surface area (Å²) >= 11 is 9.44. The van der Waals surface area contributed by atoms with Crippen LogP contribution in [0.3, 0.4) is 0 Å². The Hall–Kier alpha value is -1.59. The lowest BCUT2D eigenvalue weighted by Crippen LogP contribution is -2.36. The van der Waals surface area contributed by atoms with Gasteiger partial charge in [-0.3, -0.25) is 4.99 Å². The maximum atomic E-state index is 13.1. The molecule has 0 aromatic heterocycles. The predicted molar refractivity (Wildman–Crippen MR) is 87.3 cm³/mol. The molecule has 6 heteroatoms. The fourth-order valence-electron chi connectivity index (χ4n) is 2.38. The van der Waals surface area contributed by atoms with Gasteiger partial charge >= 0.3 is 0 Å². The molecule has 2 N–H and O–H groups in total. The van der Waals surface area contributed by atoms with Crippen molar-refractivity contribution in [3.63, 3.8) is 0 Å². The monoisotopic (exact) mass is 367 g/mol. The van der Waals surface area contributed by atoms with Crippen molar-refractivity contribution >= 4 is 39.2 Å². The van der Waals surface area contributed by atoms with E-state index in [4.69, 9.17) is 17.3 Å². The zero-order valence-corrected chi connectivity index (χ0v) is 13.3. The second kappa shape index (κ2) is 5.66. The number of hydrogen-bond donors (Lipinski definition) is 1. The number of anilines is 1. The van der Waals surface area contributed by atoms with Crippen LogP contribution in [0.25, 0.3) is 0 Å². The number of hydrogen-bond acceptors (Lipinski definition) is 3. The second-order valence-electron chi connectivity index (χ2n) is 4.73. The van der Waals surface area contributed by atoms with Crippen LogP contribution in [0.4, 0.5) is 10.1 Å². The summed E-state index contributed by atoms with van der Waals surface area (Å²) < 4.78 is 13.9. The number of aliphatic imine (C=N–C) groups is 1. The van der Waals surface area contributed by atoms with E-state index in [0.717, 1.165) is 15.7 Å². The average Bonchev–Trinajstić information content (AvgIpc) is 2.85. The van der Waals surface area contributed by atoms with Gasteiger partial charge in [0.15, 0.2) is 5.96 Å². The molecular formula is C15H12BrClFN3. The Bertz CT molecular complexity index is 703. The molecule has 1 heterocycles. The van der Waals surface area contributed by atoms with Gasteiger partial charge in [0.05, 0.1) is 17.6 Å². The number of nitrogens with zero attached hydrogens (tertiary/aromatic N) is 2. The summed E-state index contributed by atoms with van der Waals surface area (Å²) in [5.41, 5.74) is 7.86. The van der Waals surface area contributed by atoms with Gasteiger partial charge in [-0.15, -0.1) is 0 Å². The molecule has 1 aliphatic heterocycles. The number of benzene rings is 2. The Balaban J connectivity index is 1.99. The maximum Gasteiger partial charge on any atom is 0.196 e. The number of rotatable bonds is 2. The molecule has 0 saturated carbocycles. The van der Waals surface area contributed by atoms with Crippen LogP contribution in [0.1, 0.15) is 11.6 Å². The molecule has 21 heavy (non-hydrogen) atoms. The molecule has 1 aliphatic rings. The van der Waals surface area contributed by atoms with Gasteiger partial charge in [0.25, 0.3) is 0 Å². The van der Waals surface area contributed by atoms with E-state index in [1.165, 1.54) is 12.1 Å². The van der Waals surface area contributed by atoms with Gasteiger partial charge < -0.3 is 10.6 Å². The van der Waals surface area contributed by atoms with Crippen molar-refractivity contribution < 1.29 is 4.39 Å². The Kier molecular flexibility index (Phi) is 3.87. The van der Waals surface area contributed by atoms with Gasteiger partial charge in [-0.05, 0) is 51.8 Å². The quantitative estimate of drug-likeness (QED) is 0.866. The first-order valence-corrected chi connectivity index (χ1v) is 7.53. The summed E-state index contributed by atoms with van der Waals surface area (Å²) in [6.07, 6.45) is 0. The van der Waals surface area contributed by atoms with E-state index < -0.39 is 0 Å². The zero-order chi connectivity index (χ0) is 15.0. The molecule has 0 fully saturated rings. The van der Waals surface area contributed by atoms with E-state index in [9.17, 15) is 4.39 Å². The molecule has 0 spiro atoms. The Labute approximate surface area is 135 Å². The average molecular weight is 369 g/mol. The first-order valence-electron chi connectivity index (χ1n) is 6.36. The smallest absolute Gasteiger partial charge is 0.196 e. The third-order valence-electron chi connectivity index (χ3n) is 3.42. The minimum atomic E-state index is -0.258. The third kappa shape index (κ3) is 2.76. The first kappa shape index (κ1) is 14.4. The van der Waals surface area contributed by atoms with E-state index in [-0.39, 0.29) is 11.9 Å². The van der Waals surface area contributed by atoms with Crippen molar-refractivity contribution in [1.29, 1.82) is 0 Å². The van der Waals surface area contributed by atoms with E-state index in [2.05, 4.69) is 20.9 Å². The van der Waals surface area contributed by atoms with E-state index >= 15 is 0 Å². The molecule has 0 aliphatic carbocycles. The maximum absolute atomic E-state index is 13.1. The lowest BCUT2D eigenvalue weighted by Gasteiger charge is -2.27. The minimum Gasteiger partial charge on any atom is -0.369 e. The molecule has 1 unspecified atom stereocenters. The Morgan fingerprint density at radius 3 is 2.62 bits per heavy atom. The summed E-state index contributed by atoms with van der Waals surface area (Å²) in [5, 5.41) is 0.631. The van der Waals surface area contributed by atoms with E-state index in [1.807, 2.05) is 17.0 Å². The molecule has 2 aromatic carbocycles. The van der Waals surface area contributed by atoms with Gasteiger partial charge in [0.1, 0.15) is 5.82 Å². The van der Waals surface area contributed by atoms with Crippen LogP contribution in [0.2, 0.25) is 5.02 Å². The molecule has 3 nitrogen and oxygen atoms in total. The van der Waals surface area contributed by atoms with Crippen LogP contribution < -0.4 is 10.6 Å². The third-order valence-corrected chi connectivity index (χ3v) is 4.63. The number of guanidine groups is 1. The largest absolute Gasteiger partial charge is 0.369 e. The highest BCUT2D eigenvalue weighted by molar-refractivity contribution is 9.10. The van der Waals surface area contributed by atoms with Crippen LogP contribution in [0, 0.1) is 5.82 Å². The van der Waals surface area contributed by atoms with Crippen LogP contribution in [0.5, 0.6) is 0 Å². The summed E-state index contributed by atoms with van der Waals surface area (Å²) in [5.74, 6) is 0.185. The van der Waals surface area contributed by atoms with Gasteiger partial charge in [-0.1, -0.05) is 23.7 Å². The molecule has 0 saturated heterocycles. The van der Waals surface area contributed by atoms with Crippen LogP contribution >= 0.6 is 27.5 Å². The van der Waals surface area contributed by atoms with Gasteiger partial charge in [0.2, 0.25) is 0 Å². The zero-order valence-electron chi connectivity index (χ0n) is 10.9. The van der Waals surface area contributed by atoms with Crippen molar-refractivity contribution in [2.75, 3.05) is 11.4 Å². The standard InChI is InChI=1S/C15H12BrClFN3/c16-12-7-11(5-6-13(12)17)21-14(8-20-15(21)19)9-1-3-10(18)4-2-9/h1-7,14H,8H2,(H2,19,20). The molecule has 1 atom stereocenters. The molecule has 0 radical (unpaired) electrons. The number of halogens is 3. The molecule has 2 aromatic rings. The lowest BCUT2D eigenvalue weighted by atomic mass is 10.1. The molecular weight excluding hydrogens is 357 g/mol. The van der Waals surface area contributed by atoms with Gasteiger partial charge in [-0.25, -0.2) is 4.39 Å². The fourth-order valence-corrected chi connectivity index (χ4v) is 2.87. The molecule has 0 bridgehead atoms. The lowest BCUT2D eigenvalue weighted by molar-refractivity contribution is 0.625. The molecule has 108 valence electrons. The Morgan fingerprint density at radius 2 is 1.95 bits per heavy atom. The summed E-state index contributed by atoms with van der Waals surface area (Å²) in [7, 11) is 0. The molecule has 3 rings (SSSR count). The van der Waals surface area contributed by atoms with Crippen molar-refractivity contribution in [3.05, 3.63) is 63.3 Å². The topological polar surface area (TPSA) is 41.6 Å². The predicted octanol–water partition coefficient (Wildman–Crippen LogP) is 4.12. The SMILES string of the molecule is NC1=NCC(c2ccc(F)cc2)N1c1ccc(Cl)c(Br)c1. The number of nitrogens with two attached hydrogens (primary N) is 1. The fraction of sp³-hybridized carbons (Fsp3) is 0.133.